The Morgan fingerprint density at radius 3 is 2.56 bits per heavy atom. The Kier molecular flexibility index (Phi) is 5.26. The van der Waals surface area contributed by atoms with E-state index in [4.69, 9.17) is 0 Å². The minimum absolute atomic E-state index is 0.107. The predicted octanol–water partition coefficient (Wildman–Crippen LogP) is -0.111. The van der Waals surface area contributed by atoms with Gasteiger partial charge in [0.05, 0.1) is 24.5 Å². The largest absolute Gasteiger partial charge is 0.469 e. The number of hydrogen-bond acceptors (Lipinski definition) is 5. The van der Waals surface area contributed by atoms with E-state index < -0.39 is 22.1 Å². The number of hydrogen-bond donors (Lipinski definition) is 2. The number of carbonyl (C=O) groups is 1. The Balaban J connectivity index is 2.55. The Morgan fingerprint density at radius 2 is 2.00 bits per heavy atom. The Hall–Kier alpha value is -1.44. The number of sulfonamides is 1. The summed E-state index contributed by atoms with van der Waals surface area (Å²) in [4.78, 5) is 11.0. The van der Waals surface area contributed by atoms with Crippen LogP contribution in [0.4, 0.5) is 0 Å². The first kappa shape index (κ1) is 14.6. The summed E-state index contributed by atoms with van der Waals surface area (Å²) in [6.07, 6.45) is -1.37. The molecule has 100 valence electrons. The highest BCUT2D eigenvalue weighted by Gasteiger charge is 2.17. The lowest BCUT2D eigenvalue weighted by molar-refractivity contribution is -0.142. The van der Waals surface area contributed by atoms with Crippen LogP contribution >= 0.6 is 0 Å². The van der Waals surface area contributed by atoms with Crippen LogP contribution in [0.5, 0.6) is 0 Å². The van der Waals surface area contributed by atoms with Crippen LogP contribution < -0.4 is 4.72 Å². The standard InChI is InChI=1S/C11H15NO5S/c1-17-11(14)7-9(13)8-12-18(15,16)10-5-3-2-4-6-10/h2-6,9,12-13H,7-8H2,1H3/t9-/m1/s1. The van der Waals surface area contributed by atoms with Gasteiger partial charge in [0, 0.05) is 6.54 Å². The molecule has 0 aliphatic heterocycles. The molecule has 1 atom stereocenters. The highest BCUT2D eigenvalue weighted by Crippen LogP contribution is 2.07. The van der Waals surface area contributed by atoms with Crippen LogP contribution in [0.15, 0.2) is 35.2 Å². The van der Waals surface area contributed by atoms with Gasteiger partial charge in [0.15, 0.2) is 0 Å². The fourth-order valence-electron chi connectivity index (χ4n) is 1.24. The van der Waals surface area contributed by atoms with Crippen molar-refractivity contribution in [1.29, 1.82) is 0 Å². The Morgan fingerprint density at radius 1 is 1.39 bits per heavy atom. The molecule has 0 unspecified atom stereocenters. The zero-order valence-corrected chi connectivity index (χ0v) is 10.7. The average Bonchev–Trinajstić information content (AvgIpc) is 2.37. The van der Waals surface area contributed by atoms with Gasteiger partial charge in [0.2, 0.25) is 10.0 Å². The normalized spacial score (nSPS) is 13.0. The first-order chi connectivity index (χ1) is 8.45. The Bertz CT molecular complexity index is 485. The van der Waals surface area contributed by atoms with Gasteiger partial charge in [-0.05, 0) is 12.1 Å². The van der Waals surface area contributed by atoms with Crippen LogP contribution in [0.2, 0.25) is 0 Å². The van der Waals surface area contributed by atoms with E-state index in [2.05, 4.69) is 9.46 Å². The third-order valence-corrected chi connectivity index (χ3v) is 3.63. The van der Waals surface area contributed by atoms with Gasteiger partial charge in [0.25, 0.3) is 0 Å². The van der Waals surface area contributed by atoms with E-state index in [-0.39, 0.29) is 17.9 Å². The molecule has 2 N–H and O–H groups in total. The molecule has 0 spiro atoms. The topological polar surface area (TPSA) is 92.7 Å². The van der Waals surface area contributed by atoms with Crippen molar-refractivity contribution in [2.24, 2.45) is 0 Å². The lowest BCUT2D eigenvalue weighted by Crippen LogP contribution is -2.33. The molecule has 1 aromatic carbocycles. The van der Waals surface area contributed by atoms with Crippen LogP contribution in [0.3, 0.4) is 0 Å². The van der Waals surface area contributed by atoms with E-state index in [1.165, 1.54) is 19.2 Å². The molecule has 0 saturated carbocycles. The molecule has 0 heterocycles. The summed E-state index contributed by atoms with van der Waals surface area (Å²) in [6, 6.07) is 7.77. The molecular weight excluding hydrogens is 258 g/mol. The monoisotopic (exact) mass is 273 g/mol. The number of methoxy groups -OCH3 is 1. The summed E-state index contributed by atoms with van der Waals surface area (Å²) in [5, 5.41) is 9.43. The van der Waals surface area contributed by atoms with Crippen molar-refractivity contribution in [2.45, 2.75) is 17.4 Å². The number of esters is 1. The molecule has 0 amide bonds. The van der Waals surface area contributed by atoms with Crippen molar-refractivity contribution in [3.63, 3.8) is 0 Å². The molecule has 0 aliphatic rings. The quantitative estimate of drug-likeness (QED) is 0.705. The van der Waals surface area contributed by atoms with Crippen LogP contribution in [-0.2, 0) is 19.6 Å². The van der Waals surface area contributed by atoms with Gasteiger partial charge >= 0.3 is 5.97 Å². The van der Waals surface area contributed by atoms with Crippen molar-refractivity contribution in [2.75, 3.05) is 13.7 Å². The predicted molar refractivity (Wildman–Crippen MR) is 64.3 cm³/mol. The van der Waals surface area contributed by atoms with E-state index in [1.807, 2.05) is 0 Å². The molecule has 0 bridgehead atoms. The SMILES string of the molecule is COC(=O)C[C@@H](O)CNS(=O)(=O)c1ccccc1. The lowest BCUT2D eigenvalue weighted by Gasteiger charge is -2.11. The summed E-state index contributed by atoms with van der Waals surface area (Å²) in [5.41, 5.74) is 0. The molecule has 0 aliphatic carbocycles. The molecule has 18 heavy (non-hydrogen) atoms. The summed E-state index contributed by atoms with van der Waals surface area (Å²) < 4.78 is 30.1. The zero-order valence-electron chi connectivity index (χ0n) is 9.87. The number of rotatable bonds is 6. The van der Waals surface area contributed by atoms with Crippen LogP contribution in [0.1, 0.15) is 6.42 Å². The highest BCUT2D eigenvalue weighted by molar-refractivity contribution is 7.89. The molecule has 0 aromatic heterocycles. The number of ether oxygens (including phenoxy) is 1. The number of aliphatic hydroxyl groups excluding tert-OH is 1. The number of benzene rings is 1. The van der Waals surface area contributed by atoms with Crippen molar-refractivity contribution in [3.05, 3.63) is 30.3 Å². The number of aliphatic hydroxyl groups is 1. The van der Waals surface area contributed by atoms with Gasteiger partial charge in [-0.15, -0.1) is 0 Å². The van der Waals surface area contributed by atoms with Crippen LogP contribution in [-0.4, -0.2) is 39.3 Å². The van der Waals surface area contributed by atoms with E-state index in [9.17, 15) is 18.3 Å². The van der Waals surface area contributed by atoms with E-state index in [0.29, 0.717) is 0 Å². The molecule has 6 nitrogen and oxygen atoms in total. The number of carbonyl (C=O) groups excluding carboxylic acids is 1. The smallest absolute Gasteiger partial charge is 0.308 e. The second-order valence-corrected chi connectivity index (χ2v) is 5.37. The molecule has 1 rings (SSSR count). The van der Waals surface area contributed by atoms with Crippen molar-refractivity contribution >= 4 is 16.0 Å². The molecule has 0 fully saturated rings. The Labute approximate surface area is 106 Å². The second-order valence-electron chi connectivity index (χ2n) is 3.60. The van der Waals surface area contributed by atoms with Gasteiger partial charge in [-0.25, -0.2) is 13.1 Å². The van der Waals surface area contributed by atoms with Gasteiger partial charge in [-0.1, -0.05) is 18.2 Å². The van der Waals surface area contributed by atoms with E-state index in [1.54, 1.807) is 18.2 Å². The summed E-state index contributed by atoms with van der Waals surface area (Å²) in [5.74, 6) is -0.596. The molecule has 0 radical (unpaired) electrons. The van der Waals surface area contributed by atoms with Crippen LogP contribution in [0, 0.1) is 0 Å². The molecule has 1 aromatic rings. The average molecular weight is 273 g/mol. The molecular formula is C11H15NO5S. The first-order valence-electron chi connectivity index (χ1n) is 5.25. The first-order valence-corrected chi connectivity index (χ1v) is 6.73. The fraction of sp³-hybridized carbons (Fsp3) is 0.364. The lowest BCUT2D eigenvalue weighted by atomic mass is 10.2. The maximum atomic E-state index is 11.8. The minimum atomic E-state index is -3.66. The van der Waals surface area contributed by atoms with Crippen molar-refractivity contribution in [3.8, 4) is 0 Å². The minimum Gasteiger partial charge on any atom is -0.469 e. The zero-order chi connectivity index (χ0) is 13.6. The fourth-order valence-corrected chi connectivity index (χ4v) is 2.33. The van der Waals surface area contributed by atoms with Gasteiger partial charge in [-0.2, -0.15) is 0 Å². The van der Waals surface area contributed by atoms with E-state index >= 15 is 0 Å². The summed E-state index contributed by atoms with van der Waals surface area (Å²) in [6.45, 7) is -0.244. The van der Waals surface area contributed by atoms with Gasteiger partial charge in [-0.3, -0.25) is 4.79 Å². The maximum absolute atomic E-state index is 11.8. The van der Waals surface area contributed by atoms with Crippen LogP contribution in [0.25, 0.3) is 0 Å². The summed E-state index contributed by atoms with van der Waals surface area (Å²) >= 11 is 0. The summed E-state index contributed by atoms with van der Waals surface area (Å²) in [7, 11) is -2.46. The second kappa shape index (κ2) is 6.48. The molecule has 7 heteroatoms. The highest BCUT2D eigenvalue weighted by atomic mass is 32.2. The van der Waals surface area contributed by atoms with Crippen molar-refractivity contribution in [1.82, 2.24) is 4.72 Å². The van der Waals surface area contributed by atoms with Crippen molar-refractivity contribution < 1.29 is 23.1 Å². The number of nitrogens with one attached hydrogen (secondary N) is 1. The molecule has 0 saturated heterocycles. The third-order valence-electron chi connectivity index (χ3n) is 2.19. The van der Waals surface area contributed by atoms with Gasteiger partial charge < -0.3 is 9.84 Å². The third kappa shape index (κ3) is 4.44. The van der Waals surface area contributed by atoms with Gasteiger partial charge in [0.1, 0.15) is 0 Å². The van der Waals surface area contributed by atoms with E-state index in [0.717, 1.165) is 0 Å². The maximum Gasteiger partial charge on any atom is 0.308 e.